The van der Waals surface area contributed by atoms with E-state index in [-0.39, 0.29) is 34.5 Å². The first-order valence-corrected chi connectivity index (χ1v) is 8.81. The van der Waals surface area contributed by atoms with Gasteiger partial charge in [0.05, 0.1) is 17.0 Å². The molecule has 0 bridgehead atoms. The SMILES string of the molecule is COc1cc(/C=C2/SC(=NC(C)C)N(C(C)C)C2=O)cc(Cl)c1O. The van der Waals surface area contributed by atoms with Gasteiger partial charge in [0.25, 0.3) is 5.91 Å². The first kappa shape index (κ1) is 18.7. The van der Waals surface area contributed by atoms with Gasteiger partial charge in [0.2, 0.25) is 0 Å². The fraction of sp³-hybridized carbons (Fsp3) is 0.412. The molecule has 5 nitrogen and oxygen atoms in total. The number of ether oxygens (including phenoxy) is 1. The maximum Gasteiger partial charge on any atom is 0.266 e. The van der Waals surface area contributed by atoms with E-state index in [0.717, 1.165) is 0 Å². The van der Waals surface area contributed by atoms with Crippen molar-refractivity contribution in [2.45, 2.75) is 39.8 Å². The number of nitrogens with zero attached hydrogens (tertiary/aromatic N) is 2. The van der Waals surface area contributed by atoms with Crippen LogP contribution in [0.5, 0.6) is 11.5 Å². The minimum atomic E-state index is -0.113. The molecule has 24 heavy (non-hydrogen) atoms. The quantitative estimate of drug-likeness (QED) is 0.811. The van der Waals surface area contributed by atoms with Gasteiger partial charge in [-0.2, -0.15) is 0 Å². The normalized spacial score (nSPS) is 18.5. The lowest BCUT2D eigenvalue weighted by Gasteiger charge is -2.20. The summed E-state index contributed by atoms with van der Waals surface area (Å²) >= 11 is 7.35. The Morgan fingerprint density at radius 1 is 1.33 bits per heavy atom. The van der Waals surface area contributed by atoms with Crippen LogP contribution in [0.15, 0.2) is 22.0 Å². The Bertz CT molecular complexity index is 714. The van der Waals surface area contributed by atoms with Crippen molar-refractivity contribution >= 4 is 40.5 Å². The first-order chi connectivity index (χ1) is 11.2. The number of halogens is 1. The molecule has 1 aromatic rings. The number of amidine groups is 1. The van der Waals surface area contributed by atoms with Gasteiger partial charge in [-0.3, -0.25) is 14.7 Å². The molecule has 0 unspecified atom stereocenters. The third-order valence-corrected chi connectivity index (χ3v) is 4.58. The van der Waals surface area contributed by atoms with Gasteiger partial charge in [-0.15, -0.1) is 0 Å². The topological polar surface area (TPSA) is 62.1 Å². The molecule has 1 saturated heterocycles. The van der Waals surface area contributed by atoms with Crippen molar-refractivity contribution in [2.75, 3.05) is 7.11 Å². The summed E-state index contributed by atoms with van der Waals surface area (Å²) in [5.74, 6) is 0.0664. The highest BCUT2D eigenvalue weighted by molar-refractivity contribution is 8.18. The summed E-state index contributed by atoms with van der Waals surface area (Å²) < 4.78 is 5.10. The number of phenols is 1. The number of carbonyl (C=O) groups excluding carboxylic acids is 1. The predicted molar refractivity (Wildman–Crippen MR) is 99.8 cm³/mol. The van der Waals surface area contributed by atoms with Gasteiger partial charge >= 0.3 is 0 Å². The van der Waals surface area contributed by atoms with Crippen molar-refractivity contribution in [1.82, 2.24) is 4.90 Å². The maximum absolute atomic E-state index is 12.7. The number of rotatable bonds is 4. The molecule has 1 aliphatic heterocycles. The monoisotopic (exact) mass is 368 g/mol. The van der Waals surface area contributed by atoms with Gasteiger partial charge in [0.1, 0.15) is 0 Å². The number of phenolic OH excluding ortho intramolecular Hbond substituents is 1. The van der Waals surface area contributed by atoms with Gasteiger partial charge in [0, 0.05) is 12.1 Å². The van der Waals surface area contributed by atoms with E-state index in [2.05, 4.69) is 4.99 Å². The van der Waals surface area contributed by atoms with Crippen LogP contribution < -0.4 is 4.74 Å². The molecule has 7 heteroatoms. The number of amides is 1. The van der Waals surface area contributed by atoms with Crippen LogP contribution in [0, 0.1) is 0 Å². The molecule has 0 spiro atoms. The molecular formula is C17H21ClN2O3S. The minimum Gasteiger partial charge on any atom is -0.503 e. The van der Waals surface area contributed by atoms with Crippen molar-refractivity contribution in [1.29, 1.82) is 0 Å². The number of thioether (sulfide) groups is 1. The summed E-state index contributed by atoms with van der Waals surface area (Å²) in [6.07, 6.45) is 1.74. The van der Waals surface area contributed by atoms with Gasteiger partial charge < -0.3 is 9.84 Å². The van der Waals surface area contributed by atoms with Crippen LogP contribution in [0.2, 0.25) is 5.02 Å². The third-order valence-electron chi connectivity index (χ3n) is 3.29. The Balaban J connectivity index is 2.44. The molecule has 0 atom stereocenters. The van der Waals surface area contributed by atoms with E-state index in [4.69, 9.17) is 16.3 Å². The van der Waals surface area contributed by atoms with E-state index in [1.54, 1.807) is 23.1 Å². The van der Waals surface area contributed by atoms with E-state index in [1.165, 1.54) is 18.9 Å². The van der Waals surface area contributed by atoms with E-state index in [1.807, 2.05) is 27.7 Å². The molecule has 1 aromatic carbocycles. The van der Waals surface area contributed by atoms with Crippen LogP contribution in [-0.2, 0) is 4.79 Å². The van der Waals surface area contributed by atoms with Crippen LogP contribution in [-0.4, -0.2) is 40.3 Å². The molecule has 1 heterocycles. The maximum atomic E-state index is 12.7. The second-order valence-electron chi connectivity index (χ2n) is 5.94. The standard InChI is InChI=1S/C17H21ClN2O3S/c1-9(2)19-17-20(10(3)4)16(22)14(24-17)8-11-6-12(18)15(21)13(7-11)23-5/h6-10,21H,1-5H3/b14-8+,19-17?. The summed E-state index contributed by atoms with van der Waals surface area (Å²) in [6, 6.07) is 3.35. The fourth-order valence-electron chi connectivity index (χ4n) is 2.24. The highest BCUT2D eigenvalue weighted by Gasteiger charge is 2.35. The lowest BCUT2D eigenvalue weighted by Crippen LogP contribution is -2.35. The lowest BCUT2D eigenvalue weighted by atomic mass is 10.1. The molecule has 0 aromatic heterocycles. The van der Waals surface area contributed by atoms with Crippen molar-refractivity contribution in [3.8, 4) is 11.5 Å². The summed E-state index contributed by atoms with van der Waals surface area (Å²) in [7, 11) is 1.45. The number of carbonyl (C=O) groups is 1. The average molecular weight is 369 g/mol. The van der Waals surface area contributed by atoms with Crippen molar-refractivity contribution < 1.29 is 14.6 Å². The van der Waals surface area contributed by atoms with Crippen molar-refractivity contribution in [3.05, 3.63) is 27.6 Å². The second kappa shape index (κ2) is 7.49. The molecule has 0 saturated carbocycles. The van der Waals surface area contributed by atoms with Gasteiger partial charge in [-0.05, 0) is 63.2 Å². The first-order valence-electron chi connectivity index (χ1n) is 7.62. The molecule has 2 rings (SSSR count). The molecule has 1 amide bonds. The Hall–Kier alpha value is -1.66. The number of hydrogen-bond acceptors (Lipinski definition) is 5. The third kappa shape index (κ3) is 3.87. The highest BCUT2D eigenvalue weighted by atomic mass is 35.5. The van der Waals surface area contributed by atoms with Gasteiger partial charge in [-0.1, -0.05) is 11.6 Å². The summed E-state index contributed by atoms with van der Waals surface area (Å²) in [5.41, 5.74) is 0.681. The fourth-order valence-corrected chi connectivity index (χ4v) is 3.69. The molecule has 0 aliphatic carbocycles. The lowest BCUT2D eigenvalue weighted by molar-refractivity contribution is -0.123. The van der Waals surface area contributed by atoms with Crippen LogP contribution in [0.3, 0.4) is 0 Å². The number of methoxy groups -OCH3 is 1. The molecular weight excluding hydrogens is 348 g/mol. The number of benzene rings is 1. The van der Waals surface area contributed by atoms with E-state index in [9.17, 15) is 9.90 Å². The molecule has 0 radical (unpaired) electrons. The Kier molecular flexibility index (Phi) is 5.83. The van der Waals surface area contributed by atoms with Crippen LogP contribution in [0.1, 0.15) is 33.3 Å². The molecule has 1 N–H and O–H groups in total. The Labute approximate surface area is 151 Å². The average Bonchev–Trinajstić information content (AvgIpc) is 2.77. The van der Waals surface area contributed by atoms with Crippen molar-refractivity contribution in [3.63, 3.8) is 0 Å². The molecule has 130 valence electrons. The zero-order valence-corrected chi connectivity index (χ0v) is 15.9. The largest absolute Gasteiger partial charge is 0.503 e. The number of aliphatic imine (C=N–C) groups is 1. The van der Waals surface area contributed by atoms with Crippen LogP contribution >= 0.6 is 23.4 Å². The summed E-state index contributed by atoms with van der Waals surface area (Å²) in [4.78, 5) is 19.5. The highest BCUT2D eigenvalue weighted by Crippen LogP contribution is 2.38. The van der Waals surface area contributed by atoms with Gasteiger partial charge in [-0.25, -0.2) is 0 Å². The zero-order chi connectivity index (χ0) is 18.0. The summed E-state index contributed by atoms with van der Waals surface area (Å²) in [6.45, 7) is 7.86. The van der Waals surface area contributed by atoms with Crippen molar-refractivity contribution in [2.24, 2.45) is 4.99 Å². The Morgan fingerprint density at radius 2 is 2.00 bits per heavy atom. The minimum absolute atomic E-state index is 0.0198. The predicted octanol–water partition coefficient (Wildman–Crippen LogP) is 4.14. The number of aromatic hydroxyl groups is 1. The van der Waals surface area contributed by atoms with Crippen LogP contribution in [0.25, 0.3) is 6.08 Å². The molecule has 1 aliphatic rings. The smallest absolute Gasteiger partial charge is 0.266 e. The summed E-state index contributed by atoms with van der Waals surface area (Å²) in [5, 5.41) is 10.7. The van der Waals surface area contributed by atoms with E-state index in [0.29, 0.717) is 15.6 Å². The molecule has 1 fully saturated rings. The Morgan fingerprint density at radius 3 is 2.54 bits per heavy atom. The van der Waals surface area contributed by atoms with Crippen LogP contribution in [0.4, 0.5) is 0 Å². The van der Waals surface area contributed by atoms with E-state index >= 15 is 0 Å². The van der Waals surface area contributed by atoms with E-state index < -0.39 is 0 Å². The zero-order valence-electron chi connectivity index (χ0n) is 14.3. The second-order valence-corrected chi connectivity index (χ2v) is 7.35. The number of hydrogen-bond donors (Lipinski definition) is 1. The van der Waals surface area contributed by atoms with Gasteiger partial charge in [0.15, 0.2) is 16.7 Å².